The lowest BCUT2D eigenvalue weighted by Crippen LogP contribution is -2.57. The monoisotopic (exact) mass is 399 g/mol. The highest BCUT2D eigenvalue weighted by molar-refractivity contribution is 5.78. The Balaban J connectivity index is 1.12. The second-order valence-electron chi connectivity index (χ2n) is 10.3. The Morgan fingerprint density at radius 3 is 2.14 bits per heavy atom. The summed E-state index contributed by atoms with van der Waals surface area (Å²) >= 11 is 0. The van der Waals surface area contributed by atoms with Crippen LogP contribution in [0, 0.1) is 29.0 Å². The molecular formula is C24H34FN3O. The van der Waals surface area contributed by atoms with Crippen LogP contribution in [0.25, 0.3) is 0 Å². The fourth-order valence-electron chi connectivity index (χ4n) is 7.17. The molecule has 1 heterocycles. The van der Waals surface area contributed by atoms with Gasteiger partial charge in [-0.05, 0) is 92.9 Å². The third-order valence-electron chi connectivity index (χ3n) is 8.31. The third-order valence-corrected chi connectivity index (χ3v) is 8.31. The summed E-state index contributed by atoms with van der Waals surface area (Å²) in [7, 11) is 0. The van der Waals surface area contributed by atoms with E-state index in [2.05, 4.69) is 22.0 Å². The van der Waals surface area contributed by atoms with Crippen molar-refractivity contribution in [3.05, 3.63) is 30.1 Å². The van der Waals surface area contributed by atoms with Gasteiger partial charge in [0.15, 0.2) is 0 Å². The van der Waals surface area contributed by atoms with Gasteiger partial charge in [-0.1, -0.05) is 0 Å². The molecule has 0 spiro atoms. The molecule has 1 N–H and O–H groups in total. The van der Waals surface area contributed by atoms with Gasteiger partial charge in [0.2, 0.25) is 5.91 Å². The molecule has 0 unspecified atom stereocenters. The molecule has 5 fully saturated rings. The van der Waals surface area contributed by atoms with E-state index in [0.717, 1.165) is 49.6 Å². The SMILES string of the molecule is C[C@@H](NC(=O)CN1CCN(c2ccc(F)cc2)CC1)C12CC3CC(CC(C3)C1)C2. The first-order valence-electron chi connectivity index (χ1n) is 11.5. The summed E-state index contributed by atoms with van der Waals surface area (Å²) in [4.78, 5) is 17.3. The van der Waals surface area contributed by atoms with Gasteiger partial charge >= 0.3 is 0 Å². The summed E-state index contributed by atoms with van der Waals surface area (Å²) in [5, 5.41) is 3.40. The lowest BCUT2D eigenvalue weighted by Gasteiger charge is -2.59. The second kappa shape index (κ2) is 7.57. The number of carbonyl (C=O) groups excluding carboxylic acids is 1. The average molecular weight is 400 g/mol. The largest absolute Gasteiger partial charge is 0.369 e. The molecule has 4 bridgehead atoms. The van der Waals surface area contributed by atoms with Gasteiger partial charge in [-0.3, -0.25) is 9.69 Å². The predicted octanol–water partition coefficient (Wildman–Crippen LogP) is 3.67. The molecule has 29 heavy (non-hydrogen) atoms. The van der Waals surface area contributed by atoms with Gasteiger partial charge < -0.3 is 10.2 Å². The Kier molecular flexibility index (Phi) is 5.05. The van der Waals surface area contributed by atoms with E-state index in [0.29, 0.717) is 18.0 Å². The van der Waals surface area contributed by atoms with Crippen LogP contribution in [-0.4, -0.2) is 49.6 Å². The number of carbonyl (C=O) groups is 1. The van der Waals surface area contributed by atoms with Crippen LogP contribution in [0.1, 0.15) is 45.4 Å². The molecule has 4 aliphatic carbocycles. The van der Waals surface area contributed by atoms with Crippen LogP contribution in [0.4, 0.5) is 10.1 Å². The normalized spacial score (nSPS) is 35.0. The van der Waals surface area contributed by atoms with Crippen LogP contribution in [0.2, 0.25) is 0 Å². The summed E-state index contributed by atoms with van der Waals surface area (Å²) in [6.07, 6.45) is 8.32. The molecule has 1 aromatic rings. The van der Waals surface area contributed by atoms with E-state index in [9.17, 15) is 9.18 Å². The fraction of sp³-hybridized carbons (Fsp3) is 0.708. The predicted molar refractivity (Wildman–Crippen MR) is 113 cm³/mol. The van der Waals surface area contributed by atoms with Crippen molar-refractivity contribution in [3.63, 3.8) is 0 Å². The highest BCUT2D eigenvalue weighted by Gasteiger charge is 2.53. The first-order valence-corrected chi connectivity index (χ1v) is 11.5. The fourth-order valence-corrected chi connectivity index (χ4v) is 7.17. The highest BCUT2D eigenvalue weighted by atomic mass is 19.1. The van der Waals surface area contributed by atoms with Crippen LogP contribution in [0.5, 0.6) is 0 Å². The molecule has 4 saturated carbocycles. The number of anilines is 1. The number of benzene rings is 1. The van der Waals surface area contributed by atoms with Crippen LogP contribution in [0.3, 0.4) is 0 Å². The van der Waals surface area contributed by atoms with Crippen molar-refractivity contribution in [2.45, 2.75) is 51.5 Å². The molecule has 1 aromatic carbocycles. The van der Waals surface area contributed by atoms with Crippen LogP contribution in [0.15, 0.2) is 24.3 Å². The molecule has 1 saturated heterocycles. The van der Waals surface area contributed by atoms with E-state index in [1.54, 1.807) is 0 Å². The Morgan fingerprint density at radius 1 is 1.03 bits per heavy atom. The van der Waals surface area contributed by atoms with Crippen LogP contribution in [-0.2, 0) is 4.79 Å². The molecule has 1 atom stereocenters. The number of nitrogens with zero attached hydrogens (tertiary/aromatic N) is 2. The number of nitrogens with one attached hydrogen (secondary N) is 1. The average Bonchev–Trinajstić information content (AvgIpc) is 2.68. The molecule has 6 rings (SSSR count). The van der Waals surface area contributed by atoms with Crippen molar-refractivity contribution >= 4 is 11.6 Å². The lowest BCUT2D eigenvalue weighted by atomic mass is 9.48. The minimum absolute atomic E-state index is 0.184. The van der Waals surface area contributed by atoms with Gasteiger partial charge in [-0.25, -0.2) is 4.39 Å². The van der Waals surface area contributed by atoms with Gasteiger partial charge in [0.05, 0.1) is 6.54 Å². The van der Waals surface area contributed by atoms with Crippen molar-refractivity contribution in [2.75, 3.05) is 37.6 Å². The van der Waals surface area contributed by atoms with Gasteiger partial charge in [0, 0.05) is 37.9 Å². The maximum Gasteiger partial charge on any atom is 0.234 e. The summed E-state index contributed by atoms with van der Waals surface area (Å²) in [6.45, 7) is 6.26. The first kappa shape index (κ1) is 19.3. The van der Waals surface area contributed by atoms with Gasteiger partial charge in [-0.2, -0.15) is 0 Å². The highest BCUT2D eigenvalue weighted by Crippen LogP contribution is 2.61. The summed E-state index contributed by atoms with van der Waals surface area (Å²) < 4.78 is 13.1. The number of hydrogen-bond donors (Lipinski definition) is 1. The Morgan fingerprint density at radius 2 is 1.59 bits per heavy atom. The summed E-state index contributed by atoms with van der Waals surface area (Å²) in [6, 6.07) is 7.00. The van der Waals surface area contributed by atoms with E-state index in [1.807, 2.05) is 12.1 Å². The number of halogens is 1. The third kappa shape index (κ3) is 3.90. The van der Waals surface area contributed by atoms with Crippen molar-refractivity contribution in [2.24, 2.45) is 23.2 Å². The second-order valence-corrected chi connectivity index (χ2v) is 10.3. The molecule has 158 valence electrons. The Hall–Kier alpha value is -1.62. The number of piperazine rings is 1. The molecule has 4 nitrogen and oxygen atoms in total. The van der Waals surface area contributed by atoms with E-state index in [-0.39, 0.29) is 11.7 Å². The maximum absolute atomic E-state index is 13.1. The van der Waals surface area contributed by atoms with E-state index in [1.165, 1.54) is 50.7 Å². The first-order chi connectivity index (χ1) is 14.0. The van der Waals surface area contributed by atoms with Crippen molar-refractivity contribution in [1.29, 1.82) is 0 Å². The maximum atomic E-state index is 13.1. The van der Waals surface area contributed by atoms with Gasteiger partial charge in [-0.15, -0.1) is 0 Å². The number of hydrogen-bond acceptors (Lipinski definition) is 3. The molecule has 0 radical (unpaired) electrons. The smallest absolute Gasteiger partial charge is 0.234 e. The van der Waals surface area contributed by atoms with E-state index >= 15 is 0 Å². The Bertz CT molecular complexity index is 706. The zero-order valence-corrected chi connectivity index (χ0v) is 17.6. The molecular weight excluding hydrogens is 365 g/mol. The molecule has 5 heteroatoms. The van der Waals surface area contributed by atoms with Gasteiger partial charge in [0.25, 0.3) is 0 Å². The molecule has 0 aromatic heterocycles. The van der Waals surface area contributed by atoms with Crippen molar-refractivity contribution in [1.82, 2.24) is 10.2 Å². The van der Waals surface area contributed by atoms with Crippen molar-refractivity contribution < 1.29 is 9.18 Å². The number of rotatable bonds is 5. The minimum atomic E-state index is -0.197. The zero-order valence-electron chi connectivity index (χ0n) is 17.6. The standard InChI is InChI=1S/C24H34FN3O/c1-17(24-13-18-10-19(14-24)12-20(11-18)15-24)26-23(29)16-27-6-8-28(9-7-27)22-4-2-21(25)3-5-22/h2-5,17-20H,6-16H2,1H3,(H,26,29)/t17-,18?,19?,20?,24?/m1/s1. The summed E-state index contributed by atoms with van der Waals surface area (Å²) in [5.41, 5.74) is 1.43. The van der Waals surface area contributed by atoms with E-state index < -0.39 is 0 Å². The molecule has 1 aliphatic heterocycles. The van der Waals surface area contributed by atoms with Gasteiger partial charge in [0.1, 0.15) is 5.82 Å². The van der Waals surface area contributed by atoms with Crippen molar-refractivity contribution in [3.8, 4) is 0 Å². The zero-order chi connectivity index (χ0) is 20.0. The number of amides is 1. The molecule has 1 amide bonds. The lowest BCUT2D eigenvalue weighted by molar-refractivity contribution is -0.127. The van der Waals surface area contributed by atoms with Crippen LogP contribution >= 0.6 is 0 Å². The van der Waals surface area contributed by atoms with E-state index in [4.69, 9.17) is 0 Å². The summed E-state index contributed by atoms with van der Waals surface area (Å²) in [5.74, 6) is 2.74. The van der Waals surface area contributed by atoms with Crippen LogP contribution < -0.4 is 10.2 Å². The quantitative estimate of drug-likeness (QED) is 0.821. The molecule has 5 aliphatic rings. The minimum Gasteiger partial charge on any atom is -0.369 e. The Labute approximate surface area is 173 Å². The topological polar surface area (TPSA) is 35.6 Å².